The first kappa shape index (κ1) is 22.1. The van der Waals surface area contributed by atoms with Gasteiger partial charge in [0.15, 0.2) is 11.5 Å². The minimum atomic E-state index is -0.929. The average molecular weight is 447 g/mol. The Balaban J connectivity index is 1.81. The molecule has 0 bridgehead atoms. The van der Waals surface area contributed by atoms with E-state index in [4.69, 9.17) is 18.9 Å². The van der Waals surface area contributed by atoms with Crippen molar-refractivity contribution in [3.05, 3.63) is 71.8 Å². The Morgan fingerprint density at radius 1 is 0.909 bits per heavy atom. The van der Waals surface area contributed by atoms with Crippen LogP contribution < -0.4 is 18.9 Å². The van der Waals surface area contributed by atoms with E-state index in [9.17, 15) is 9.90 Å². The maximum Gasteiger partial charge on any atom is 0.307 e. The van der Waals surface area contributed by atoms with E-state index < -0.39 is 5.97 Å². The van der Waals surface area contributed by atoms with Gasteiger partial charge in [-0.15, -0.1) is 0 Å². The van der Waals surface area contributed by atoms with Crippen LogP contribution in [-0.4, -0.2) is 37.4 Å². The van der Waals surface area contributed by atoms with Crippen LogP contribution in [0.5, 0.6) is 23.0 Å². The highest BCUT2D eigenvalue weighted by molar-refractivity contribution is 5.95. The summed E-state index contributed by atoms with van der Waals surface area (Å²) in [7, 11) is 4.69. The van der Waals surface area contributed by atoms with Crippen molar-refractivity contribution in [2.75, 3.05) is 21.3 Å². The van der Waals surface area contributed by atoms with E-state index in [1.165, 1.54) is 0 Å². The van der Waals surface area contributed by atoms with Crippen molar-refractivity contribution in [2.24, 2.45) is 0 Å². The van der Waals surface area contributed by atoms with Crippen molar-refractivity contribution in [3.8, 4) is 34.3 Å². The molecule has 0 saturated carbocycles. The average Bonchev–Trinajstić information content (AvgIpc) is 3.19. The van der Waals surface area contributed by atoms with Crippen molar-refractivity contribution in [1.82, 2.24) is 4.98 Å². The highest BCUT2D eigenvalue weighted by atomic mass is 16.5. The number of rotatable bonds is 9. The number of aromatic amines is 1. The van der Waals surface area contributed by atoms with Gasteiger partial charge in [0, 0.05) is 16.5 Å². The Hall–Kier alpha value is -4.13. The fraction of sp³-hybridized carbons (Fsp3) is 0.192. The lowest BCUT2D eigenvalue weighted by atomic mass is 10.0. The lowest BCUT2D eigenvalue weighted by molar-refractivity contribution is -0.136. The predicted octanol–water partition coefficient (Wildman–Crippen LogP) is 5.07. The van der Waals surface area contributed by atoms with E-state index >= 15 is 0 Å². The summed E-state index contributed by atoms with van der Waals surface area (Å²) in [6.07, 6.45) is -0.153. The zero-order chi connectivity index (χ0) is 23.4. The smallest absolute Gasteiger partial charge is 0.307 e. The zero-order valence-electron chi connectivity index (χ0n) is 18.7. The summed E-state index contributed by atoms with van der Waals surface area (Å²) in [5, 5.41) is 10.3. The van der Waals surface area contributed by atoms with Gasteiger partial charge >= 0.3 is 5.97 Å². The molecular weight excluding hydrogens is 422 g/mol. The number of H-pyrrole nitrogens is 1. The monoisotopic (exact) mass is 447 g/mol. The molecule has 0 unspecified atom stereocenters. The molecule has 1 aromatic heterocycles. The summed E-state index contributed by atoms with van der Waals surface area (Å²) in [5.74, 6) is 1.17. The number of ether oxygens (including phenoxy) is 4. The third kappa shape index (κ3) is 4.57. The number of nitrogens with one attached hydrogen (secondary N) is 1. The molecule has 7 heteroatoms. The molecule has 0 saturated heterocycles. The van der Waals surface area contributed by atoms with Gasteiger partial charge in [0.2, 0.25) is 5.75 Å². The van der Waals surface area contributed by atoms with E-state index in [0.29, 0.717) is 40.9 Å². The molecule has 0 amide bonds. The van der Waals surface area contributed by atoms with Crippen LogP contribution in [0.3, 0.4) is 0 Å². The van der Waals surface area contributed by atoms with Gasteiger partial charge in [-0.1, -0.05) is 30.3 Å². The second-order valence-electron chi connectivity index (χ2n) is 7.44. The molecule has 0 radical (unpaired) electrons. The standard InChI is InChI=1S/C26H25NO6/c1-30-18-9-10-21-19(13-18)20(14-24(28)29)25(27-21)17-11-22(31-2)26(23(12-17)32-3)33-15-16-7-5-4-6-8-16/h4-13,27H,14-15H2,1-3H3,(H,28,29). The molecule has 170 valence electrons. The minimum absolute atomic E-state index is 0.153. The number of hydrogen-bond donors (Lipinski definition) is 2. The lowest BCUT2D eigenvalue weighted by Crippen LogP contribution is -2.02. The lowest BCUT2D eigenvalue weighted by Gasteiger charge is -2.16. The molecule has 33 heavy (non-hydrogen) atoms. The van der Waals surface area contributed by atoms with Crippen LogP contribution in [0.4, 0.5) is 0 Å². The van der Waals surface area contributed by atoms with Gasteiger partial charge in [-0.2, -0.15) is 0 Å². The molecule has 0 spiro atoms. The Bertz CT molecular complexity index is 1250. The Morgan fingerprint density at radius 3 is 2.21 bits per heavy atom. The normalized spacial score (nSPS) is 10.8. The first-order chi connectivity index (χ1) is 16.0. The summed E-state index contributed by atoms with van der Waals surface area (Å²) in [4.78, 5) is 15.0. The van der Waals surface area contributed by atoms with Crippen LogP contribution in [0.1, 0.15) is 11.1 Å². The zero-order valence-corrected chi connectivity index (χ0v) is 18.7. The SMILES string of the molecule is COc1ccc2[nH]c(-c3cc(OC)c(OCc4ccccc4)c(OC)c3)c(CC(=O)O)c2c1. The Labute approximate surface area is 191 Å². The Kier molecular flexibility index (Phi) is 6.40. The van der Waals surface area contributed by atoms with Crippen LogP contribution in [0, 0.1) is 0 Å². The van der Waals surface area contributed by atoms with Crippen molar-refractivity contribution in [2.45, 2.75) is 13.0 Å². The molecular formula is C26H25NO6. The molecule has 0 atom stereocenters. The topological polar surface area (TPSA) is 90.0 Å². The number of benzene rings is 3. The number of carbonyl (C=O) groups is 1. The second kappa shape index (κ2) is 9.56. The van der Waals surface area contributed by atoms with Gasteiger partial charge < -0.3 is 29.0 Å². The van der Waals surface area contributed by atoms with Crippen molar-refractivity contribution in [1.29, 1.82) is 0 Å². The molecule has 0 fully saturated rings. The second-order valence-corrected chi connectivity index (χ2v) is 7.44. The van der Waals surface area contributed by atoms with Crippen molar-refractivity contribution >= 4 is 16.9 Å². The maximum atomic E-state index is 11.7. The molecule has 3 aromatic carbocycles. The summed E-state index contributed by atoms with van der Waals surface area (Å²) < 4.78 is 22.6. The molecule has 1 heterocycles. The van der Waals surface area contributed by atoms with E-state index in [0.717, 1.165) is 22.0 Å². The molecule has 2 N–H and O–H groups in total. The fourth-order valence-corrected chi connectivity index (χ4v) is 3.83. The third-order valence-electron chi connectivity index (χ3n) is 5.42. The number of hydrogen-bond acceptors (Lipinski definition) is 5. The van der Waals surface area contributed by atoms with Gasteiger partial charge in [0.1, 0.15) is 12.4 Å². The molecule has 0 aliphatic carbocycles. The number of aliphatic carboxylic acids is 1. The quantitative estimate of drug-likeness (QED) is 0.372. The minimum Gasteiger partial charge on any atom is -0.497 e. The molecule has 0 aliphatic rings. The molecule has 4 aromatic rings. The van der Waals surface area contributed by atoms with Gasteiger partial charge in [-0.25, -0.2) is 0 Å². The number of carboxylic acid groups (broad SMARTS) is 1. The number of aromatic nitrogens is 1. The van der Waals surface area contributed by atoms with Crippen LogP contribution in [-0.2, 0) is 17.8 Å². The van der Waals surface area contributed by atoms with Gasteiger partial charge in [0.25, 0.3) is 0 Å². The van der Waals surface area contributed by atoms with E-state index in [2.05, 4.69) is 4.98 Å². The first-order valence-electron chi connectivity index (χ1n) is 10.4. The van der Waals surface area contributed by atoms with Gasteiger partial charge in [-0.3, -0.25) is 4.79 Å². The number of carboxylic acids is 1. The number of fused-ring (bicyclic) bond motifs is 1. The van der Waals surface area contributed by atoms with E-state index in [1.54, 1.807) is 21.3 Å². The highest BCUT2D eigenvalue weighted by Gasteiger charge is 2.21. The summed E-state index contributed by atoms with van der Waals surface area (Å²) in [6.45, 7) is 0.351. The van der Waals surface area contributed by atoms with Crippen LogP contribution in [0.2, 0.25) is 0 Å². The Morgan fingerprint density at radius 2 is 1.61 bits per heavy atom. The van der Waals surface area contributed by atoms with Crippen LogP contribution in [0.15, 0.2) is 60.7 Å². The van der Waals surface area contributed by atoms with Gasteiger partial charge in [0.05, 0.1) is 33.4 Å². The maximum absolute atomic E-state index is 11.7. The first-order valence-corrected chi connectivity index (χ1v) is 10.4. The molecule has 0 aliphatic heterocycles. The summed E-state index contributed by atoms with van der Waals surface area (Å²) >= 11 is 0. The van der Waals surface area contributed by atoms with E-state index in [1.807, 2.05) is 60.7 Å². The van der Waals surface area contributed by atoms with Crippen molar-refractivity contribution < 1.29 is 28.8 Å². The van der Waals surface area contributed by atoms with Crippen LogP contribution in [0.25, 0.3) is 22.2 Å². The van der Waals surface area contributed by atoms with E-state index in [-0.39, 0.29) is 6.42 Å². The van der Waals surface area contributed by atoms with Gasteiger partial charge in [-0.05, 0) is 41.5 Å². The molecule has 7 nitrogen and oxygen atoms in total. The summed E-state index contributed by atoms with van der Waals surface area (Å²) in [5.41, 5.74) is 3.87. The third-order valence-corrected chi connectivity index (χ3v) is 5.42. The van der Waals surface area contributed by atoms with Crippen molar-refractivity contribution in [3.63, 3.8) is 0 Å². The summed E-state index contributed by atoms with van der Waals surface area (Å²) in [6, 6.07) is 19.0. The fourth-order valence-electron chi connectivity index (χ4n) is 3.83. The predicted molar refractivity (Wildman–Crippen MR) is 126 cm³/mol. The molecule has 4 rings (SSSR count). The largest absolute Gasteiger partial charge is 0.497 e. The van der Waals surface area contributed by atoms with Crippen LogP contribution >= 0.6 is 0 Å². The highest BCUT2D eigenvalue weighted by Crippen LogP contribution is 2.43. The number of methoxy groups -OCH3 is 3.